The molecule has 0 aromatic heterocycles. The quantitative estimate of drug-likeness (QED) is 0.576. The number of hydrogen-bond donors (Lipinski definition) is 0. The summed E-state index contributed by atoms with van der Waals surface area (Å²) in [5, 5.41) is 0. The van der Waals surface area contributed by atoms with Crippen LogP contribution in [0.25, 0.3) is 0 Å². The van der Waals surface area contributed by atoms with Gasteiger partial charge in [-0.05, 0) is 38.0 Å². The number of esters is 2. The fourth-order valence-corrected chi connectivity index (χ4v) is 4.47. The third-order valence-corrected chi connectivity index (χ3v) is 5.21. The number of carbonyl (C=O) groups is 2. The van der Waals surface area contributed by atoms with Gasteiger partial charge in [0.1, 0.15) is 6.10 Å². The van der Waals surface area contributed by atoms with Crippen molar-refractivity contribution in [2.75, 3.05) is 6.61 Å². The molecule has 5 unspecified atom stereocenters. The molecule has 4 heteroatoms. The van der Waals surface area contributed by atoms with Crippen LogP contribution in [-0.4, -0.2) is 24.6 Å². The van der Waals surface area contributed by atoms with Gasteiger partial charge in [-0.3, -0.25) is 4.79 Å². The van der Waals surface area contributed by atoms with E-state index in [2.05, 4.69) is 6.58 Å². The Labute approximate surface area is 113 Å². The lowest BCUT2D eigenvalue weighted by atomic mass is 9.52. The largest absolute Gasteiger partial charge is 0.465 e. The van der Waals surface area contributed by atoms with Crippen LogP contribution in [-0.2, 0) is 19.1 Å². The number of fused-ring (bicyclic) bond motifs is 1. The highest BCUT2D eigenvalue weighted by Gasteiger charge is 2.69. The van der Waals surface area contributed by atoms with Crippen molar-refractivity contribution in [3.05, 3.63) is 12.2 Å². The fraction of sp³-hybridized carbons (Fsp3) is 0.733. The molecule has 0 aliphatic heterocycles. The molecule has 2 bridgehead atoms. The van der Waals surface area contributed by atoms with E-state index in [1.807, 2.05) is 0 Å². The third-order valence-electron chi connectivity index (χ3n) is 5.21. The first-order chi connectivity index (χ1) is 8.93. The summed E-state index contributed by atoms with van der Waals surface area (Å²) in [5.74, 6) is 1.01. The molecule has 3 fully saturated rings. The van der Waals surface area contributed by atoms with Crippen LogP contribution >= 0.6 is 0 Å². The van der Waals surface area contributed by atoms with Crippen LogP contribution in [0, 0.1) is 23.2 Å². The van der Waals surface area contributed by atoms with Crippen molar-refractivity contribution >= 4 is 11.9 Å². The van der Waals surface area contributed by atoms with Crippen LogP contribution in [0.15, 0.2) is 12.2 Å². The van der Waals surface area contributed by atoms with Gasteiger partial charge < -0.3 is 9.47 Å². The molecular weight excluding hydrogens is 244 g/mol. The second-order valence-corrected chi connectivity index (χ2v) is 6.47. The Hall–Kier alpha value is -1.32. The minimum atomic E-state index is -0.268. The number of hydrogen-bond acceptors (Lipinski definition) is 4. The zero-order valence-corrected chi connectivity index (χ0v) is 11.5. The third kappa shape index (κ3) is 1.80. The van der Waals surface area contributed by atoms with Gasteiger partial charge in [0, 0.05) is 23.8 Å². The summed E-state index contributed by atoms with van der Waals surface area (Å²) >= 11 is 0. The van der Waals surface area contributed by atoms with Crippen LogP contribution in [0.2, 0.25) is 0 Å². The van der Waals surface area contributed by atoms with Crippen molar-refractivity contribution < 1.29 is 19.1 Å². The standard InChI is InChI=1S/C15H20O4/c1-8(2)14(17)19-13-10-4-12-11(13)6-15(12,5-10)7-18-9(3)16/h10-13H,1,4-7H2,2-3H3. The van der Waals surface area contributed by atoms with Crippen molar-refractivity contribution in [3.8, 4) is 0 Å². The lowest BCUT2D eigenvalue weighted by molar-refractivity contribution is -0.179. The Balaban J connectivity index is 1.62. The molecule has 0 radical (unpaired) electrons. The molecule has 19 heavy (non-hydrogen) atoms. The van der Waals surface area contributed by atoms with E-state index < -0.39 is 0 Å². The van der Waals surface area contributed by atoms with Gasteiger partial charge in [-0.2, -0.15) is 0 Å². The van der Waals surface area contributed by atoms with Crippen LogP contribution in [0.5, 0.6) is 0 Å². The number of rotatable bonds is 4. The first kappa shape index (κ1) is 12.7. The maximum absolute atomic E-state index is 11.6. The average Bonchev–Trinajstić information content (AvgIpc) is 2.75. The summed E-state index contributed by atoms with van der Waals surface area (Å²) in [5.41, 5.74) is 0.654. The lowest BCUT2D eigenvalue weighted by Gasteiger charge is -2.55. The predicted molar refractivity (Wildman–Crippen MR) is 68.1 cm³/mol. The minimum absolute atomic E-state index is 0.0633. The van der Waals surface area contributed by atoms with E-state index in [0.29, 0.717) is 29.9 Å². The average molecular weight is 264 g/mol. The van der Waals surface area contributed by atoms with E-state index in [1.165, 1.54) is 6.92 Å². The molecule has 0 aromatic carbocycles. The summed E-state index contributed by atoms with van der Waals surface area (Å²) in [6.07, 6.45) is 3.22. The van der Waals surface area contributed by atoms with Crippen molar-refractivity contribution in [1.82, 2.24) is 0 Å². The summed E-state index contributed by atoms with van der Waals surface area (Å²) in [4.78, 5) is 22.6. The fourth-order valence-electron chi connectivity index (χ4n) is 4.47. The maximum Gasteiger partial charge on any atom is 0.333 e. The van der Waals surface area contributed by atoms with Gasteiger partial charge in [-0.25, -0.2) is 4.79 Å². The summed E-state index contributed by atoms with van der Waals surface area (Å²) in [6.45, 7) is 7.31. The normalized spacial score (nSPS) is 41.6. The van der Waals surface area contributed by atoms with Crippen molar-refractivity contribution in [3.63, 3.8) is 0 Å². The second kappa shape index (κ2) is 4.09. The minimum Gasteiger partial charge on any atom is -0.465 e. The van der Waals surface area contributed by atoms with Crippen LogP contribution in [0.3, 0.4) is 0 Å². The SMILES string of the molecule is C=C(C)C(=O)OC1C2CC3C1CC3(COC(C)=O)C2. The smallest absolute Gasteiger partial charge is 0.333 e. The molecule has 0 amide bonds. The predicted octanol–water partition coefficient (Wildman–Crippen LogP) is 2.08. The van der Waals surface area contributed by atoms with Gasteiger partial charge in [0.15, 0.2) is 0 Å². The van der Waals surface area contributed by atoms with Crippen molar-refractivity contribution in [2.24, 2.45) is 23.2 Å². The van der Waals surface area contributed by atoms with Gasteiger partial charge in [-0.15, -0.1) is 0 Å². The molecule has 3 aliphatic carbocycles. The van der Waals surface area contributed by atoms with E-state index >= 15 is 0 Å². The Bertz CT molecular complexity index is 453. The Morgan fingerprint density at radius 2 is 2.05 bits per heavy atom. The van der Waals surface area contributed by atoms with E-state index in [0.717, 1.165) is 19.3 Å². The van der Waals surface area contributed by atoms with Crippen LogP contribution < -0.4 is 0 Å². The van der Waals surface area contributed by atoms with E-state index in [-0.39, 0.29) is 23.5 Å². The zero-order valence-electron chi connectivity index (χ0n) is 11.5. The summed E-state index contributed by atoms with van der Waals surface area (Å²) in [6, 6.07) is 0. The highest BCUT2D eigenvalue weighted by atomic mass is 16.5. The lowest BCUT2D eigenvalue weighted by Crippen LogP contribution is -2.55. The van der Waals surface area contributed by atoms with Gasteiger partial charge in [0.2, 0.25) is 0 Å². The molecule has 0 spiro atoms. The highest BCUT2D eigenvalue weighted by molar-refractivity contribution is 5.87. The van der Waals surface area contributed by atoms with Gasteiger partial charge in [0.05, 0.1) is 6.61 Å². The first-order valence-electron chi connectivity index (χ1n) is 6.93. The highest BCUT2D eigenvalue weighted by Crippen LogP contribution is 2.71. The molecule has 3 aliphatic rings. The maximum atomic E-state index is 11.6. The molecule has 0 N–H and O–H groups in total. The number of carbonyl (C=O) groups excluding carboxylic acids is 2. The molecular formula is C15H20O4. The molecule has 0 heterocycles. The van der Waals surface area contributed by atoms with Gasteiger partial charge in [0.25, 0.3) is 0 Å². The Kier molecular flexibility index (Phi) is 2.73. The molecule has 0 aromatic rings. The monoisotopic (exact) mass is 264 g/mol. The first-order valence-corrected chi connectivity index (χ1v) is 6.93. The van der Waals surface area contributed by atoms with Crippen molar-refractivity contribution in [1.29, 1.82) is 0 Å². The molecule has 3 saturated carbocycles. The molecule has 5 atom stereocenters. The zero-order chi connectivity index (χ0) is 13.8. The second-order valence-electron chi connectivity index (χ2n) is 6.47. The molecule has 104 valence electrons. The van der Waals surface area contributed by atoms with E-state index in [4.69, 9.17) is 9.47 Å². The van der Waals surface area contributed by atoms with Crippen LogP contribution in [0.1, 0.15) is 33.1 Å². The molecule has 3 rings (SSSR count). The summed E-state index contributed by atoms with van der Waals surface area (Å²) in [7, 11) is 0. The van der Waals surface area contributed by atoms with E-state index in [9.17, 15) is 9.59 Å². The molecule has 4 nitrogen and oxygen atoms in total. The summed E-state index contributed by atoms with van der Waals surface area (Å²) < 4.78 is 10.8. The van der Waals surface area contributed by atoms with Crippen molar-refractivity contribution in [2.45, 2.75) is 39.2 Å². The van der Waals surface area contributed by atoms with E-state index in [1.54, 1.807) is 6.92 Å². The van der Waals surface area contributed by atoms with Gasteiger partial charge in [-0.1, -0.05) is 6.58 Å². The Morgan fingerprint density at radius 1 is 1.32 bits per heavy atom. The number of ether oxygens (including phenoxy) is 2. The Morgan fingerprint density at radius 3 is 2.58 bits per heavy atom. The molecule has 0 saturated heterocycles. The topological polar surface area (TPSA) is 52.6 Å². The van der Waals surface area contributed by atoms with Crippen LogP contribution in [0.4, 0.5) is 0 Å². The van der Waals surface area contributed by atoms with Gasteiger partial charge >= 0.3 is 11.9 Å².